The van der Waals surface area contributed by atoms with Crippen molar-refractivity contribution in [1.29, 1.82) is 0 Å². The van der Waals surface area contributed by atoms with Gasteiger partial charge >= 0.3 is 0 Å². The molecule has 4 rings (SSSR count). The lowest BCUT2D eigenvalue weighted by molar-refractivity contribution is -0.115. The molecule has 1 heterocycles. The topological polar surface area (TPSA) is 58.2 Å². The predicted octanol–water partition coefficient (Wildman–Crippen LogP) is 7.34. The van der Waals surface area contributed by atoms with Gasteiger partial charge in [-0.3, -0.25) is 9.59 Å². The van der Waals surface area contributed by atoms with Crippen LogP contribution in [0.5, 0.6) is 0 Å². The third kappa shape index (κ3) is 5.76. The number of thioether (sulfide) groups is 1. The summed E-state index contributed by atoms with van der Waals surface area (Å²) in [6.07, 6.45) is 0.846. The van der Waals surface area contributed by atoms with Crippen LogP contribution in [0, 0.1) is 6.92 Å². The number of carbonyl (C=O) groups excluding carboxylic acids is 2. The molecule has 0 aliphatic rings. The minimum absolute atomic E-state index is 0.0599. The minimum Gasteiger partial charge on any atom is -0.324 e. The average Bonchev–Trinajstić information content (AvgIpc) is 3.40. The normalized spacial score (nSPS) is 11.6. The van der Waals surface area contributed by atoms with Crippen molar-refractivity contribution in [2.24, 2.45) is 0 Å². The summed E-state index contributed by atoms with van der Waals surface area (Å²) in [6, 6.07) is 27.1. The van der Waals surface area contributed by atoms with Crippen LogP contribution in [0.4, 0.5) is 11.4 Å². The number of anilines is 2. The molecular formula is C28H26N2O2S2. The van der Waals surface area contributed by atoms with E-state index in [-0.39, 0.29) is 11.8 Å². The van der Waals surface area contributed by atoms with E-state index >= 15 is 0 Å². The number of hydrogen-bond donors (Lipinski definition) is 2. The molecule has 1 unspecified atom stereocenters. The SMILES string of the molecule is CCc1cccc(C)c1NC(=O)C(Sc1ccc(NC(=O)c2cccs2)cc1)c1ccccc1. The highest BCUT2D eigenvalue weighted by Gasteiger charge is 2.23. The molecule has 0 aliphatic carbocycles. The summed E-state index contributed by atoms with van der Waals surface area (Å²) in [6.45, 7) is 4.11. The van der Waals surface area contributed by atoms with Crippen molar-refractivity contribution in [2.75, 3.05) is 10.6 Å². The largest absolute Gasteiger partial charge is 0.324 e. The molecule has 0 bridgehead atoms. The van der Waals surface area contributed by atoms with Gasteiger partial charge in [0.05, 0.1) is 4.88 Å². The highest BCUT2D eigenvalue weighted by molar-refractivity contribution is 8.00. The van der Waals surface area contributed by atoms with Crippen LogP contribution in [-0.4, -0.2) is 11.8 Å². The first-order chi connectivity index (χ1) is 16.5. The molecular weight excluding hydrogens is 460 g/mol. The highest BCUT2D eigenvalue weighted by Crippen LogP contribution is 2.37. The van der Waals surface area contributed by atoms with Crippen molar-refractivity contribution in [3.05, 3.63) is 112 Å². The lowest BCUT2D eigenvalue weighted by atomic mass is 10.1. The summed E-state index contributed by atoms with van der Waals surface area (Å²) < 4.78 is 0. The van der Waals surface area contributed by atoms with Gasteiger partial charge in [-0.15, -0.1) is 23.1 Å². The molecule has 1 atom stereocenters. The first-order valence-electron chi connectivity index (χ1n) is 11.1. The number of carbonyl (C=O) groups is 2. The Hall–Kier alpha value is -3.35. The van der Waals surface area contributed by atoms with Crippen LogP contribution in [0.2, 0.25) is 0 Å². The van der Waals surface area contributed by atoms with Gasteiger partial charge in [-0.25, -0.2) is 0 Å². The Kier molecular flexibility index (Phi) is 7.83. The second-order valence-corrected chi connectivity index (χ2v) is 9.94. The fourth-order valence-corrected chi connectivity index (χ4v) is 5.29. The summed E-state index contributed by atoms with van der Waals surface area (Å²) >= 11 is 2.90. The van der Waals surface area contributed by atoms with Crippen LogP contribution in [0.15, 0.2) is 95.2 Å². The lowest BCUT2D eigenvalue weighted by Crippen LogP contribution is -2.20. The van der Waals surface area contributed by atoms with E-state index in [1.165, 1.54) is 23.1 Å². The first kappa shape index (κ1) is 23.8. The van der Waals surface area contributed by atoms with Gasteiger partial charge in [0.15, 0.2) is 0 Å². The number of thiophene rings is 1. The number of rotatable bonds is 8. The molecule has 3 aromatic carbocycles. The zero-order valence-corrected chi connectivity index (χ0v) is 20.7. The molecule has 6 heteroatoms. The molecule has 172 valence electrons. The van der Waals surface area contributed by atoms with Crippen LogP contribution in [-0.2, 0) is 11.2 Å². The monoisotopic (exact) mass is 486 g/mol. The third-order valence-corrected chi connectivity index (χ3v) is 7.57. The number of aryl methyl sites for hydroxylation is 2. The summed E-state index contributed by atoms with van der Waals surface area (Å²) in [5.41, 5.74) is 4.72. The van der Waals surface area contributed by atoms with Crippen LogP contribution >= 0.6 is 23.1 Å². The Morgan fingerprint density at radius 1 is 0.882 bits per heavy atom. The van der Waals surface area contributed by atoms with E-state index in [2.05, 4.69) is 23.6 Å². The van der Waals surface area contributed by atoms with Gasteiger partial charge in [-0.05, 0) is 65.7 Å². The highest BCUT2D eigenvalue weighted by atomic mass is 32.2. The van der Waals surface area contributed by atoms with Gasteiger partial charge in [0.1, 0.15) is 5.25 Å². The van der Waals surface area contributed by atoms with Gasteiger partial charge in [-0.1, -0.05) is 61.5 Å². The van der Waals surface area contributed by atoms with E-state index in [9.17, 15) is 9.59 Å². The number of amides is 2. The first-order valence-corrected chi connectivity index (χ1v) is 12.9. The van der Waals surface area contributed by atoms with Crippen molar-refractivity contribution in [3.63, 3.8) is 0 Å². The number of para-hydroxylation sites is 1. The van der Waals surface area contributed by atoms with Crippen molar-refractivity contribution < 1.29 is 9.59 Å². The maximum atomic E-state index is 13.5. The molecule has 0 saturated carbocycles. The quantitative estimate of drug-likeness (QED) is 0.256. The summed E-state index contributed by atoms with van der Waals surface area (Å²) in [5.74, 6) is -0.183. The van der Waals surface area contributed by atoms with Gasteiger partial charge in [0.2, 0.25) is 5.91 Å². The Morgan fingerprint density at radius 3 is 2.32 bits per heavy atom. The molecule has 34 heavy (non-hydrogen) atoms. The van der Waals surface area contributed by atoms with E-state index in [0.29, 0.717) is 4.88 Å². The van der Waals surface area contributed by atoms with E-state index in [1.54, 1.807) is 6.07 Å². The second-order valence-electron chi connectivity index (χ2n) is 7.82. The second kappa shape index (κ2) is 11.2. The smallest absolute Gasteiger partial charge is 0.265 e. The van der Waals surface area contributed by atoms with Gasteiger partial charge in [0, 0.05) is 16.3 Å². The van der Waals surface area contributed by atoms with Crippen molar-refractivity contribution >= 4 is 46.3 Å². The van der Waals surface area contributed by atoms with Crippen LogP contribution in [0.1, 0.15) is 38.5 Å². The third-order valence-electron chi connectivity index (χ3n) is 5.44. The molecule has 0 aliphatic heterocycles. The van der Waals surface area contributed by atoms with Crippen molar-refractivity contribution in [3.8, 4) is 0 Å². The van der Waals surface area contributed by atoms with Crippen LogP contribution < -0.4 is 10.6 Å². The van der Waals surface area contributed by atoms with Crippen LogP contribution in [0.25, 0.3) is 0 Å². The molecule has 2 N–H and O–H groups in total. The molecule has 2 amide bonds. The van der Waals surface area contributed by atoms with E-state index in [0.717, 1.165) is 39.4 Å². The molecule has 0 saturated heterocycles. The fourth-order valence-electron chi connectivity index (χ4n) is 3.64. The van der Waals surface area contributed by atoms with Crippen molar-refractivity contribution in [2.45, 2.75) is 30.4 Å². The molecule has 0 radical (unpaired) electrons. The van der Waals surface area contributed by atoms with E-state index < -0.39 is 5.25 Å². The Balaban J connectivity index is 1.53. The molecule has 4 aromatic rings. The Morgan fingerprint density at radius 2 is 1.65 bits per heavy atom. The maximum Gasteiger partial charge on any atom is 0.265 e. The van der Waals surface area contributed by atoms with Gasteiger partial charge in [-0.2, -0.15) is 0 Å². The minimum atomic E-state index is -0.419. The summed E-state index contributed by atoms with van der Waals surface area (Å²) in [7, 11) is 0. The maximum absolute atomic E-state index is 13.5. The molecule has 1 aromatic heterocycles. The molecule has 0 fully saturated rings. The van der Waals surface area contributed by atoms with Crippen LogP contribution in [0.3, 0.4) is 0 Å². The predicted molar refractivity (Wildman–Crippen MR) is 143 cm³/mol. The van der Waals surface area contributed by atoms with E-state index in [1.807, 2.05) is 85.1 Å². The average molecular weight is 487 g/mol. The van der Waals surface area contributed by atoms with Gasteiger partial charge < -0.3 is 10.6 Å². The van der Waals surface area contributed by atoms with E-state index in [4.69, 9.17) is 0 Å². The van der Waals surface area contributed by atoms with Crippen molar-refractivity contribution in [1.82, 2.24) is 0 Å². The summed E-state index contributed by atoms with van der Waals surface area (Å²) in [4.78, 5) is 27.4. The van der Waals surface area contributed by atoms with Gasteiger partial charge in [0.25, 0.3) is 5.91 Å². The summed E-state index contributed by atoms with van der Waals surface area (Å²) in [5, 5.41) is 7.56. The Bertz CT molecular complexity index is 1250. The fraction of sp³-hybridized carbons (Fsp3) is 0.143. The number of nitrogens with one attached hydrogen (secondary N) is 2. The lowest BCUT2D eigenvalue weighted by Gasteiger charge is -2.20. The Labute approximate surface area is 208 Å². The zero-order chi connectivity index (χ0) is 23.9. The zero-order valence-electron chi connectivity index (χ0n) is 19.1. The number of benzene rings is 3. The number of hydrogen-bond acceptors (Lipinski definition) is 4. The molecule has 4 nitrogen and oxygen atoms in total. The molecule has 0 spiro atoms. The standard InChI is InChI=1S/C28H26N2O2S2/c1-3-20-12-7-9-19(2)25(20)30-28(32)26(21-10-5-4-6-11-21)34-23-16-14-22(15-17-23)29-27(31)24-13-8-18-33-24/h4-18,26H,3H2,1-2H3,(H,29,31)(H,30,32).